The number of alkyl halides is 3. The van der Waals surface area contributed by atoms with Gasteiger partial charge in [-0.2, -0.15) is 13.2 Å². The van der Waals surface area contributed by atoms with Crippen LogP contribution in [-0.2, 0) is 17.5 Å². The van der Waals surface area contributed by atoms with Crippen LogP contribution in [0.1, 0.15) is 29.3 Å². The summed E-state index contributed by atoms with van der Waals surface area (Å²) in [6.45, 7) is 0.781. The quantitative estimate of drug-likeness (QED) is 0.353. The molecular formula is C25H19ClF3N3O. The summed E-state index contributed by atoms with van der Waals surface area (Å²) in [5.74, 6) is 0.262. The topological polar surface area (TPSA) is 38.1 Å². The number of imidazole rings is 1. The molecule has 1 amide bonds. The Labute approximate surface area is 193 Å². The minimum Gasteiger partial charge on any atom is -0.323 e. The smallest absolute Gasteiger partial charge is 0.323 e. The first-order valence-electron chi connectivity index (χ1n) is 10.5. The maximum Gasteiger partial charge on any atom is 0.416 e. The van der Waals surface area contributed by atoms with Crippen molar-refractivity contribution in [3.8, 4) is 0 Å². The number of para-hydroxylation sites is 2. The van der Waals surface area contributed by atoms with Gasteiger partial charge in [0.2, 0.25) is 5.91 Å². The lowest BCUT2D eigenvalue weighted by atomic mass is 10.1. The number of aromatic nitrogens is 2. The first-order chi connectivity index (χ1) is 15.8. The van der Waals surface area contributed by atoms with Gasteiger partial charge in [0.1, 0.15) is 5.82 Å². The van der Waals surface area contributed by atoms with Gasteiger partial charge < -0.3 is 9.47 Å². The molecule has 2 heterocycles. The summed E-state index contributed by atoms with van der Waals surface area (Å²) < 4.78 is 41.6. The van der Waals surface area contributed by atoms with E-state index in [0.717, 1.165) is 34.6 Å². The van der Waals surface area contributed by atoms with Crippen molar-refractivity contribution in [1.82, 2.24) is 9.55 Å². The first-order valence-corrected chi connectivity index (χ1v) is 10.8. The van der Waals surface area contributed by atoms with Crippen LogP contribution in [0.3, 0.4) is 0 Å². The monoisotopic (exact) mass is 469 g/mol. The molecule has 4 nitrogen and oxygen atoms in total. The number of carbonyl (C=O) groups is 1. The minimum absolute atomic E-state index is 0.176. The molecular weight excluding hydrogens is 451 g/mol. The number of carbonyl (C=O) groups excluding carboxylic acids is 1. The van der Waals surface area contributed by atoms with Crippen molar-refractivity contribution in [2.75, 3.05) is 11.4 Å². The van der Waals surface area contributed by atoms with E-state index in [-0.39, 0.29) is 30.5 Å². The molecule has 0 radical (unpaired) electrons. The Morgan fingerprint density at radius 2 is 1.79 bits per heavy atom. The average Bonchev–Trinajstić information content (AvgIpc) is 3.34. The normalized spacial score (nSPS) is 16.7. The van der Waals surface area contributed by atoms with Gasteiger partial charge in [-0.3, -0.25) is 4.79 Å². The molecule has 4 aromatic rings. The third-order valence-corrected chi connectivity index (χ3v) is 6.12. The van der Waals surface area contributed by atoms with Crippen molar-refractivity contribution < 1.29 is 18.0 Å². The van der Waals surface area contributed by atoms with Crippen LogP contribution >= 0.6 is 11.6 Å². The van der Waals surface area contributed by atoms with Crippen LogP contribution < -0.4 is 4.90 Å². The van der Waals surface area contributed by atoms with Gasteiger partial charge >= 0.3 is 6.18 Å². The summed E-state index contributed by atoms with van der Waals surface area (Å²) in [6.07, 6.45) is -4.29. The second-order valence-electron chi connectivity index (χ2n) is 8.13. The molecule has 168 valence electrons. The van der Waals surface area contributed by atoms with Crippen molar-refractivity contribution >= 4 is 34.2 Å². The maximum atomic E-state index is 13.2. The van der Waals surface area contributed by atoms with Crippen molar-refractivity contribution in [2.45, 2.75) is 25.1 Å². The summed E-state index contributed by atoms with van der Waals surface area (Å²) in [6, 6.07) is 20.1. The van der Waals surface area contributed by atoms with E-state index < -0.39 is 11.7 Å². The minimum atomic E-state index is -4.47. The summed E-state index contributed by atoms with van der Waals surface area (Å²) in [5.41, 5.74) is 2.20. The van der Waals surface area contributed by atoms with Gasteiger partial charge in [-0.25, -0.2) is 4.98 Å². The largest absolute Gasteiger partial charge is 0.416 e. The van der Waals surface area contributed by atoms with Gasteiger partial charge in [-0.15, -0.1) is 0 Å². The molecule has 0 bridgehead atoms. The van der Waals surface area contributed by atoms with Crippen molar-refractivity contribution in [1.29, 1.82) is 0 Å². The van der Waals surface area contributed by atoms with Crippen molar-refractivity contribution in [3.63, 3.8) is 0 Å². The number of amides is 1. The fourth-order valence-corrected chi connectivity index (χ4v) is 4.58. The molecule has 5 rings (SSSR count). The Morgan fingerprint density at radius 3 is 2.58 bits per heavy atom. The van der Waals surface area contributed by atoms with Gasteiger partial charge in [0, 0.05) is 36.1 Å². The number of nitrogens with zero attached hydrogens (tertiary/aromatic N) is 3. The molecule has 1 fully saturated rings. The number of hydrogen-bond acceptors (Lipinski definition) is 2. The van der Waals surface area contributed by atoms with E-state index in [1.165, 1.54) is 17.0 Å². The summed E-state index contributed by atoms with van der Waals surface area (Å²) >= 11 is 6.16. The molecule has 1 aliphatic rings. The lowest BCUT2D eigenvalue weighted by Crippen LogP contribution is -2.25. The highest BCUT2D eigenvalue weighted by atomic mass is 35.5. The number of hydrogen-bond donors (Lipinski definition) is 0. The summed E-state index contributed by atoms with van der Waals surface area (Å²) in [4.78, 5) is 19.1. The van der Waals surface area contributed by atoms with Gasteiger partial charge in [-0.1, -0.05) is 41.9 Å². The second kappa shape index (κ2) is 8.23. The van der Waals surface area contributed by atoms with Crippen LogP contribution in [0.15, 0.2) is 72.8 Å². The van der Waals surface area contributed by atoms with E-state index in [0.29, 0.717) is 11.6 Å². The Hall–Kier alpha value is -3.32. The molecule has 0 N–H and O–H groups in total. The Kier molecular flexibility index (Phi) is 5.37. The van der Waals surface area contributed by atoms with Gasteiger partial charge in [0.25, 0.3) is 0 Å². The maximum absolute atomic E-state index is 13.2. The number of halogens is 4. The van der Waals surface area contributed by atoms with E-state index >= 15 is 0 Å². The van der Waals surface area contributed by atoms with Crippen LogP contribution in [0.2, 0.25) is 5.02 Å². The SMILES string of the molecule is O=C1CC(c2nc3ccccc3n2Cc2cccc(Cl)c2)CN1c1cccc(C(F)(F)F)c1. The van der Waals surface area contributed by atoms with Crippen LogP contribution in [0, 0.1) is 0 Å². The van der Waals surface area contributed by atoms with Gasteiger partial charge in [-0.05, 0) is 48.0 Å². The zero-order valence-corrected chi connectivity index (χ0v) is 18.1. The Morgan fingerprint density at radius 1 is 1.00 bits per heavy atom. The molecule has 8 heteroatoms. The Bertz CT molecular complexity index is 1350. The number of benzene rings is 3. The number of rotatable bonds is 4. The first kappa shape index (κ1) is 21.5. The zero-order valence-electron chi connectivity index (χ0n) is 17.4. The average molecular weight is 470 g/mol. The third-order valence-electron chi connectivity index (χ3n) is 5.89. The molecule has 3 aromatic carbocycles. The fraction of sp³-hybridized carbons (Fsp3) is 0.200. The van der Waals surface area contributed by atoms with Crippen LogP contribution in [0.5, 0.6) is 0 Å². The third kappa shape index (κ3) is 4.20. The van der Waals surface area contributed by atoms with Gasteiger partial charge in [0.05, 0.1) is 16.6 Å². The van der Waals surface area contributed by atoms with E-state index in [9.17, 15) is 18.0 Å². The molecule has 0 saturated carbocycles. The van der Waals surface area contributed by atoms with E-state index in [1.54, 1.807) is 6.07 Å². The van der Waals surface area contributed by atoms with E-state index in [1.807, 2.05) is 42.5 Å². The molecule has 1 atom stereocenters. The van der Waals surface area contributed by atoms with E-state index in [2.05, 4.69) is 4.57 Å². The summed E-state index contributed by atoms with van der Waals surface area (Å²) in [5, 5.41) is 0.630. The molecule has 1 aliphatic heterocycles. The standard InChI is InChI=1S/C25H19ClF3N3O/c26-19-7-3-5-16(11-19)14-32-22-10-2-1-9-21(22)30-24(32)17-12-23(33)31(15-17)20-8-4-6-18(13-20)25(27,28)29/h1-11,13,17H,12,14-15H2. The number of fused-ring (bicyclic) bond motifs is 1. The highest BCUT2D eigenvalue weighted by molar-refractivity contribution is 6.30. The second-order valence-corrected chi connectivity index (χ2v) is 8.56. The Balaban J connectivity index is 1.51. The highest BCUT2D eigenvalue weighted by Gasteiger charge is 2.36. The molecule has 0 spiro atoms. The lowest BCUT2D eigenvalue weighted by molar-refractivity contribution is -0.137. The van der Waals surface area contributed by atoms with Crippen molar-refractivity contribution in [3.05, 3.63) is 94.8 Å². The summed E-state index contributed by atoms with van der Waals surface area (Å²) in [7, 11) is 0. The van der Waals surface area contributed by atoms with Crippen LogP contribution in [0.4, 0.5) is 18.9 Å². The fourth-order valence-electron chi connectivity index (χ4n) is 4.37. The predicted octanol–water partition coefficient (Wildman–Crippen LogP) is 6.28. The van der Waals surface area contributed by atoms with Crippen LogP contribution in [-0.4, -0.2) is 22.0 Å². The van der Waals surface area contributed by atoms with E-state index in [4.69, 9.17) is 16.6 Å². The number of anilines is 1. The molecule has 1 saturated heterocycles. The predicted molar refractivity (Wildman–Crippen MR) is 121 cm³/mol. The zero-order chi connectivity index (χ0) is 23.2. The molecule has 1 unspecified atom stereocenters. The molecule has 33 heavy (non-hydrogen) atoms. The lowest BCUT2D eigenvalue weighted by Gasteiger charge is -2.19. The highest BCUT2D eigenvalue weighted by Crippen LogP contribution is 2.36. The van der Waals surface area contributed by atoms with Crippen LogP contribution in [0.25, 0.3) is 11.0 Å². The molecule has 1 aromatic heterocycles. The van der Waals surface area contributed by atoms with Gasteiger partial charge in [0.15, 0.2) is 0 Å². The molecule has 0 aliphatic carbocycles. The van der Waals surface area contributed by atoms with Crippen molar-refractivity contribution in [2.24, 2.45) is 0 Å².